The number of benzene rings is 2. The Kier molecular flexibility index (Phi) is 4.83. The Bertz CT molecular complexity index is 716. The topological polar surface area (TPSA) is 55.4 Å². The van der Waals surface area contributed by atoms with Crippen molar-refractivity contribution in [1.29, 1.82) is 0 Å². The number of hydrogen-bond donors (Lipinski definition) is 1. The first-order chi connectivity index (χ1) is 10.5. The molecule has 0 aliphatic heterocycles. The van der Waals surface area contributed by atoms with Gasteiger partial charge >= 0.3 is 0 Å². The Morgan fingerprint density at radius 2 is 1.91 bits per heavy atom. The molecule has 0 radical (unpaired) electrons. The van der Waals surface area contributed by atoms with Crippen molar-refractivity contribution in [3.8, 4) is 5.75 Å². The third-order valence-corrected chi connectivity index (χ3v) is 2.76. The number of amides is 1. The second kappa shape index (κ2) is 6.80. The summed E-state index contributed by atoms with van der Waals surface area (Å²) in [5.74, 6) is -2.00. The molecule has 0 spiro atoms. The lowest BCUT2D eigenvalue weighted by molar-refractivity contribution is -0.114. The number of ketones is 1. The summed E-state index contributed by atoms with van der Waals surface area (Å²) in [5.41, 5.74) is 0.0955. The van der Waals surface area contributed by atoms with E-state index in [1.165, 1.54) is 37.3 Å². The molecule has 0 atom stereocenters. The van der Waals surface area contributed by atoms with Crippen molar-refractivity contribution in [3.63, 3.8) is 0 Å². The fourth-order valence-corrected chi connectivity index (χ4v) is 1.81. The molecular weight excluding hydrogens is 292 g/mol. The van der Waals surface area contributed by atoms with Crippen molar-refractivity contribution in [1.82, 2.24) is 0 Å². The van der Waals surface area contributed by atoms with Crippen molar-refractivity contribution < 1.29 is 23.1 Å². The lowest BCUT2D eigenvalue weighted by atomic mass is 10.1. The quantitative estimate of drug-likeness (QED) is 0.863. The molecule has 0 saturated carbocycles. The van der Waals surface area contributed by atoms with Crippen LogP contribution < -0.4 is 10.1 Å². The molecule has 0 bridgehead atoms. The zero-order valence-corrected chi connectivity index (χ0v) is 11.7. The highest BCUT2D eigenvalue weighted by Gasteiger charge is 2.13. The fourth-order valence-electron chi connectivity index (χ4n) is 1.81. The molecule has 0 aliphatic carbocycles. The minimum Gasteiger partial charge on any atom is -0.485 e. The normalized spacial score (nSPS) is 10.1. The first-order valence-electron chi connectivity index (χ1n) is 6.44. The number of nitrogens with one attached hydrogen (secondary N) is 1. The van der Waals surface area contributed by atoms with E-state index in [2.05, 4.69) is 5.32 Å². The zero-order valence-electron chi connectivity index (χ0n) is 11.7. The molecule has 2 aromatic carbocycles. The van der Waals surface area contributed by atoms with Gasteiger partial charge in [-0.05, 0) is 30.3 Å². The van der Waals surface area contributed by atoms with Crippen molar-refractivity contribution in [2.75, 3.05) is 11.9 Å². The maximum atomic E-state index is 13.9. The molecule has 2 rings (SSSR count). The molecule has 0 aromatic heterocycles. The first-order valence-corrected chi connectivity index (χ1v) is 6.44. The van der Waals surface area contributed by atoms with E-state index in [4.69, 9.17) is 4.74 Å². The van der Waals surface area contributed by atoms with Gasteiger partial charge in [0.2, 0.25) is 11.7 Å². The summed E-state index contributed by atoms with van der Waals surface area (Å²) in [6.45, 7) is 0.879. The molecule has 2 aromatic rings. The van der Waals surface area contributed by atoms with E-state index in [0.717, 1.165) is 12.1 Å². The average Bonchev–Trinajstić information content (AvgIpc) is 2.44. The van der Waals surface area contributed by atoms with Crippen LogP contribution in [0.15, 0.2) is 42.5 Å². The van der Waals surface area contributed by atoms with Crippen LogP contribution in [0.2, 0.25) is 0 Å². The molecule has 0 unspecified atom stereocenters. The molecule has 22 heavy (non-hydrogen) atoms. The predicted octanol–water partition coefficient (Wildman–Crippen LogP) is 3.18. The van der Waals surface area contributed by atoms with Crippen LogP contribution in [-0.2, 0) is 4.79 Å². The van der Waals surface area contributed by atoms with E-state index in [1.54, 1.807) is 0 Å². The number of Topliss-reactive ketones (excluding diaryl/α,β-unsaturated/α-hetero) is 1. The van der Waals surface area contributed by atoms with Crippen molar-refractivity contribution >= 4 is 17.4 Å². The average molecular weight is 305 g/mol. The Labute approximate surface area is 125 Å². The summed E-state index contributed by atoms with van der Waals surface area (Å²) in [7, 11) is 0. The fraction of sp³-hybridized carbons (Fsp3) is 0.125. The molecule has 0 aliphatic rings. The number of carbonyl (C=O) groups excluding carboxylic acids is 2. The Hall–Kier alpha value is -2.76. The van der Waals surface area contributed by atoms with E-state index in [-0.39, 0.29) is 22.9 Å². The van der Waals surface area contributed by atoms with Gasteiger partial charge in [0.1, 0.15) is 17.4 Å². The van der Waals surface area contributed by atoms with Crippen LogP contribution in [-0.4, -0.2) is 18.3 Å². The predicted molar refractivity (Wildman–Crippen MR) is 76.9 cm³/mol. The molecule has 6 heteroatoms. The summed E-state index contributed by atoms with van der Waals surface area (Å²) in [5, 5.41) is 2.41. The lowest BCUT2D eigenvalue weighted by Gasteiger charge is -2.08. The molecule has 4 nitrogen and oxygen atoms in total. The number of halogens is 2. The molecule has 114 valence electrons. The maximum Gasteiger partial charge on any atom is 0.221 e. The van der Waals surface area contributed by atoms with Crippen LogP contribution in [0.25, 0.3) is 0 Å². The van der Waals surface area contributed by atoms with Crippen LogP contribution in [0, 0.1) is 11.6 Å². The van der Waals surface area contributed by atoms with Gasteiger partial charge in [-0.1, -0.05) is 6.07 Å². The molecule has 0 fully saturated rings. The molecule has 1 N–H and O–H groups in total. The lowest BCUT2D eigenvalue weighted by Crippen LogP contribution is -2.14. The smallest absolute Gasteiger partial charge is 0.221 e. The minimum atomic E-state index is -0.765. The van der Waals surface area contributed by atoms with Gasteiger partial charge in [0, 0.05) is 18.7 Å². The van der Waals surface area contributed by atoms with Gasteiger partial charge < -0.3 is 10.1 Å². The minimum absolute atomic E-state index is 0.162. The van der Waals surface area contributed by atoms with Gasteiger partial charge in [-0.3, -0.25) is 9.59 Å². The van der Waals surface area contributed by atoms with Crippen molar-refractivity contribution in [3.05, 3.63) is 59.7 Å². The van der Waals surface area contributed by atoms with Crippen molar-refractivity contribution in [2.45, 2.75) is 6.92 Å². The first kappa shape index (κ1) is 15.6. The third kappa shape index (κ3) is 4.12. The van der Waals surface area contributed by atoms with Gasteiger partial charge in [-0.25, -0.2) is 8.78 Å². The zero-order chi connectivity index (χ0) is 16.1. The summed E-state index contributed by atoms with van der Waals surface area (Å²) < 4.78 is 31.9. The van der Waals surface area contributed by atoms with Gasteiger partial charge in [-0.15, -0.1) is 0 Å². The molecule has 0 saturated heterocycles. The van der Waals surface area contributed by atoms with Crippen molar-refractivity contribution in [2.24, 2.45) is 0 Å². The van der Waals surface area contributed by atoms with E-state index in [1.807, 2.05) is 0 Å². The number of hydrogen-bond acceptors (Lipinski definition) is 3. The number of rotatable bonds is 5. The molecular formula is C16H13F2NO3. The van der Waals surface area contributed by atoms with Gasteiger partial charge in [0.25, 0.3) is 0 Å². The van der Waals surface area contributed by atoms with Crippen LogP contribution in [0.3, 0.4) is 0 Å². The second-order valence-corrected chi connectivity index (χ2v) is 4.55. The number of carbonyl (C=O) groups is 2. The Morgan fingerprint density at radius 3 is 2.55 bits per heavy atom. The Morgan fingerprint density at radius 1 is 1.14 bits per heavy atom. The second-order valence-electron chi connectivity index (χ2n) is 4.55. The maximum absolute atomic E-state index is 13.9. The van der Waals surface area contributed by atoms with Crippen LogP contribution in [0.5, 0.6) is 5.75 Å². The van der Waals surface area contributed by atoms with E-state index < -0.39 is 24.0 Å². The number of ether oxygens (including phenoxy) is 1. The highest BCUT2D eigenvalue weighted by molar-refractivity contribution is 5.98. The van der Waals surface area contributed by atoms with E-state index in [0.29, 0.717) is 0 Å². The van der Waals surface area contributed by atoms with E-state index >= 15 is 0 Å². The monoisotopic (exact) mass is 305 g/mol. The molecule has 0 heterocycles. The van der Waals surface area contributed by atoms with Gasteiger partial charge in [-0.2, -0.15) is 0 Å². The standard InChI is InChI=1S/C16H13F2NO3/c1-10(20)19-12-5-6-14(15(18)8-12)16(21)9-22-13-4-2-3-11(17)7-13/h2-8H,9H2,1H3,(H,19,20). The highest BCUT2D eigenvalue weighted by atomic mass is 19.1. The SMILES string of the molecule is CC(=O)Nc1ccc(C(=O)COc2cccc(F)c2)c(F)c1. The van der Waals surface area contributed by atoms with Crippen LogP contribution >= 0.6 is 0 Å². The van der Waals surface area contributed by atoms with Crippen LogP contribution in [0.4, 0.5) is 14.5 Å². The number of anilines is 1. The van der Waals surface area contributed by atoms with Crippen LogP contribution in [0.1, 0.15) is 17.3 Å². The largest absolute Gasteiger partial charge is 0.485 e. The summed E-state index contributed by atoms with van der Waals surface area (Å²) in [6.07, 6.45) is 0. The highest BCUT2D eigenvalue weighted by Crippen LogP contribution is 2.17. The van der Waals surface area contributed by atoms with Gasteiger partial charge in [0.15, 0.2) is 6.61 Å². The summed E-state index contributed by atoms with van der Waals surface area (Å²) in [4.78, 5) is 22.8. The molecule has 1 amide bonds. The third-order valence-electron chi connectivity index (χ3n) is 2.76. The van der Waals surface area contributed by atoms with E-state index in [9.17, 15) is 18.4 Å². The van der Waals surface area contributed by atoms with Gasteiger partial charge in [0.05, 0.1) is 5.56 Å². The summed E-state index contributed by atoms with van der Waals surface area (Å²) >= 11 is 0. The Balaban J connectivity index is 2.05. The summed E-state index contributed by atoms with van der Waals surface area (Å²) in [6, 6.07) is 9.04.